The number of aliphatic hydroxyl groups is 1. The van der Waals surface area contributed by atoms with E-state index in [9.17, 15) is 9.90 Å². The highest BCUT2D eigenvalue weighted by atomic mass is 32.2. The topological polar surface area (TPSA) is 58.4 Å². The lowest BCUT2D eigenvalue weighted by molar-refractivity contribution is -0.133. The van der Waals surface area contributed by atoms with Crippen LogP contribution in [0.5, 0.6) is 0 Å². The number of hydrogen-bond acceptors (Lipinski definition) is 4. The van der Waals surface area contributed by atoms with Crippen molar-refractivity contribution >= 4 is 17.7 Å². The summed E-state index contributed by atoms with van der Waals surface area (Å²) in [6.45, 7) is 10.6. The molecule has 5 nitrogen and oxygen atoms in total. The zero-order valence-corrected chi connectivity index (χ0v) is 15.0. The number of carbonyl (C=O) groups excluding carboxylic acids is 1. The molecule has 0 radical (unpaired) electrons. The first-order valence-corrected chi connectivity index (χ1v) is 8.78. The second-order valence-electron chi connectivity index (χ2n) is 7.44. The van der Waals surface area contributed by atoms with Crippen LogP contribution in [0.1, 0.15) is 47.5 Å². The number of rotatable bonds is 4. The van der Waals surface area contributed by atoms with E-state index < -0.39 is 5.60 Å². The molecule has 1 aromatic heterocycles. The van der Waals surface area contributed by atoms with E-state index in [0.717, 1.165) is 24.5 Å². The van der Waals surface area contributed by atoms with E-state index in [4.69, 9.17) is 0 Å². The van der Waals surface area contributed by atoms with Crippen LogP contribution < -0.4 is 0 Å². The van der Waals surface area contributed by atoms with E-state index in [-0.39, 0.29) is 17.5 Å². The molecule has 0 saturated carbocycles. The highest BCUT2D eigenvalue weighted by Crippen LogP contribution is 2.29. The zero-order valence-electron chi connectivity index (χ0n) is 14.2. The number of thioether (sulfide) groups is 1. The van der Waals surface area contributed by atoms with Crippen molar-refractivity contribution in [2.75, 3.05) is 12.3 Å². The van der Waals surface area contributed by atoms with Crippen molar-refractivity contribution in [2.24, 2.45) is 0 Å². The van der Waals surface area contributed by atoms with Gasteiger partial charge in [0.05, 0.1) is 17.4 Å². The molecule has 1 saturated heterocycles. The summed E-state index contributed by atoms with van der Waals surface area (Å²) >= 11 is 1.47. The van der Waals surface area contributed by atoms with Gasteiger partial charge in [0.25, 0.3) is 0 Å². The van der Waals surface area contributed by atoms with Gasteiger partial charge in [0.2, 0.25) is 5.91 Å². The predicted octanol–water partition coefficient (Wildman–Crippen LogP) is 2.49. The van der Waals surface area contributed by atoms with Crippen molar-refractivity contribution in [3.8, 4) is 0 Å². The van der Waals surface area contributed by atoms with Crippen LogP contribution in [0.2, 0.25) is 0 Å². The Morgan fingerprint density at radius 1 is 1.41 bits per heavy atom. The number of imidazole rings is 1. The first kappa shape index (κ1) is 17.3. The standard InChI is InChI=1S/C16H27N3O2S/c1-15(2,3)19-10-8-17-14(19)22-11-13(20)18-9-6-7-12(18)16(4,5)21/h8,10,12,21H,6-7,9,11H2,1-5H3. The molecule has 2 heterocycles. The van der Waals surface area contributed by atoms with Crippen LogP contribution in [0.25, 0.3) is 0 Å². The smallest absolute Gasteiger partial charge is 0.233 e. The Balaban J connectivity index is 2.00. The van der Waals surface area contributed by atoms with Gasteiger partial charge in [-0.3, -0.25) is 4.79 Å². The van der Waals surface area contributed by atoms with Crippen molar-refractivity contribution in [3.05, 3.63) is 12.4 Å². The van der Waals surface area contributed by atoms with E-state index in [1.54, 1.807) is 20.0 Å². The van der Waals surface area contributed by atoms with Gasteiger partial charge < -0.3 is 14.6 Å². The summed E-state index contributed by atoms with van der Waals surface area (Å²) < 4.78 is 2.09. The molecular weight excluding hydrogens is 298 g/mol. The SMILES string of the molecule is CC(C)(O)C1CCCN1C(=O)CSc1nccn1C(C)(C)C. The third-order valence-electron chi connectivity index (χ3n) is 4.04. The molecule has 1 N–H and O–H groups in total. The predicted molar refractivity (Wildman–Crippen MR) is 89.0 cm³/mol. The van der Waals surface area contributed by atoms with Crippen molar-refractivity contribution in [2.45, 2.75) is 69.8 Å². The Hall–Kier alpha value is -1.01. The number of aromatic nitrogens is 2. The van der Waals surface area contributed by atoms with Crippen LogP contribution in [0.4, 0.5) is 0 Å². The van der Waals surface area contributed by atoms with Crippen molar-refractivity contribution in [3.63, 3.8) is 0 Å². The minimum atomic E-state index is -0.847. The Morgan fingerprint density at radius 2 is 2.09 bits per heavy atom. The van der Waals surface area contributed by atoms with Gasteiger partial charge in [0.1, 0.15) is 0 Å². The first-order valence-electron chi connectivity index (χ1n) is 7.79. The fraction of sp³-hybridized carbons (Fsp3) is 0.750. The average molecular weight is 325 g/mol. The molecule has 2 rings (SSSR count). The number of hydrogen-bond donors (Lipinski definition) is 1. The van der Waals surface area contributed by atoms with Gasteiger partial charge in [-0.15, -0.1) is 0 Å². The van der Waals surface area contributed by atoms with Crippen LogP contribution in [0.15, 0.2) is 17.6 Å². The monoisotopic (exact) mass is 325 g/mol. The lowest BCUT2D eigenvalue weighted by atomic mass is 9.97. The van der Waals surface area contributed by atoms with Crippen LogP contribution in [0.3, 0.4) is 0 Å². The minimum absolute atomic E-state index is 0.0504. The normalized spacial score (nSPS) is 19.7. The molecule has 0 aliphatic carbocycles. The van der Waals surface area contributed by atoms with Crippen LogP contribution in [-0.4, -0.2) is 49.4 Å². The lowest BCUT2D eigenvalue weighted by Gasteiger charge is -2.33. The molecule has 6 heteroatoms. The van der Waals surface area contributed by atoms with Gasteiger partial charge in [0, 0.05) is 24.5 Å². The Labute approximate surface area is 137 Å². The third kappa shape index (κ3) is 3.84. The van der Waals surface area contributed by atoms with Crippen LogP contribution >= 0.6 is 11.8 Å². The largest absolute Gasteiger partial charge is 0.388 e. The molecule has 22 heavy (non-hydrogen) atoms. The number of amides is 1. The lowest BCUT2D eigenvalue weighted by Crippen LogP contribution is -2.48. The molecular formula is C16H27N3O2S. The Bertz CT molecular complexity index is 528. The van der Waals surface area contributed by atoms with Crippen molar-refractivity contribution < 1.29 is 9.90 Å². The highest BCUT2D eigenvalue weighted by Gasteiger charge is 2.38. The highest BCUT2D eigenvalue weighted by molar-refractivity contribution is 7.99. The van der Waals surface area contributed by atoms with Gasteiger partial charge in [-0.1, -0.05) is 11.8 Å². The van der Waals surface area contributed by atoms with Crippen LogP contribution in [-0.2, 0) is 10.3 Å². The fourth-order valence-corrected chi connectivity index (χ4v) is 3.94. The van der Waals surface area contributed by atoms with E-state index in [1.165, 1.54) is 11.8 Å². The summed E-state index contributed by atoms with van der Waals surface area (Å²) in [5, 5.41) is 11.1. The van der Waals surface area contributed by atoms with Crippen molar-refractivity contribution in [1.82, 2.24) is 14.5 Å². The van der Waals surface area contributed by atoms with Gasteiger partial charge in [0.15, 0.2) is 5.16 Å². The number of likely N-dealkylation sites (tertiary alicyclic amines) is 1. The quantitative estimate of drug-likeness (QED) is 0.864. The molecule has 1 aromatic rings. The van der Waals surface area contributed by atoms with Crippen molar-refractivity contribution in [1.29, 1.82) is 0 Å². The fourth-order valence-electron chi connectivity index (χ4n) is 2.92. The summed E-state index contributed by atoms with van der Waals surface area (Å²) in [7, 11) is 0. The molecule has 1 unspecified atom stereocenters. The Morgan fingerprint density at radius 3 is 2.68 bits per heavy atom. The summed E-state index contributed by atoms with van der Waals surface area (Å²) in [6.07, 6.45) is 5.55. The minimum Gasteiger partial charge on any atom is -0.388 e. The maximum absolute atomic E-state index is 12.5. The maximum Gasteiger partial charge on any atom is 0.233 e. The average Bonchev–Trinajstić information content (AvgIpc) is 3.02. The molecule has 1 aliphatic rings. The summed E-state index contributed by atoms with van der Waals surface area (Å²) in [5.74, 6) is 0.442. The maximum atomic E-state index is 12.5. The molecule has 1 atom stereocenters. The molecule has 124 valence electrons. The van der Waals surface area contributed by atoms with E-state index in [1.807, 2.05) is 11.1 Å². The molecule has 1 amide bonds. The Kier molecular flexibility index (Phi) is 4.92. The molecule has 1 fully saturated rings. The molecule has 1 aliphatic heterocycles. The van der Waals surface area contributed by atoms with Gasteiger partial charge in [-0.2, -0.15) is 0 Å². The number of carbonyl (C=O) groups is 1. The van der Waals surface area contributed by atoms with Gasteiger partial charge in [-0.25, -0.2) is 4.98 Å². The third-order valence-corrected chi connectivity index (χ3v) is 4.99. The van der Waals surface area contributed by atoms with Gasteiger partial charge in [-0.05, 0) is 47.5 Å². The first-order chi connectivity index (χ1) is 10.1. The molecule has 0 aromatic carbocycles. The van der Waals surface area contributed by atoms with E-state index in [2.05, 4.69) is 30.3 Å². The van der Waals surface area contributed by atoms with E-state index >= 15 is 0 Å². The zero-order chi connectivity index (χ0) is 16.5. The molecule has 0 spiro atoms. The summed E-state index contributed by atoms with van der Waals surface area (Å²) in [4.78, 5) is 18.7. The second-order valence-corrected chi connectivity index (χ2v) is 8.38. The van der Waals surface area contributed by atoms with E-state index in [0.29, 0.717) is 5.75 Å². The second kappa shape index (κ2) is 6.24. The number of nitrogens with zero attached hydrogens (tertiary/aromatic N) is 3. The van der Waals surface area contributed by atoms with Crippen LogP contribution in [0, 0.1) is 0 Å². The van der Waals surface area contributed by atoms with Gasteiger partial charge >= 0.3 is 0 Å². The summed E-state index contributed by atoms with van der Waals surface area (Å²) in [5.41, 5.74) is -0.897. The summed E-state index contributed by atoms with van der Waals surface area (Å²) in [6, 6.07) is -0.0806. The molecule has 0 bridgehead atoms.